The number of rotatable bonds is 10. The molecule has 0 aromatic carbocycles. The average molecular weight is 210 g/mol. The van der Waals surface area contributed by atoms with Gasteiger partial charge < -0.3 is 4.79 Å². The largest absolute Gasteiger partial charge is 0.300 e. The highest BCUT2D eigenvalue weighted by atomic mass is 16.1. The lowest BCUT2D eigenvalue weighted by Crippen LogP contribution is -1.88. The number of hydrogen-bond donors (Lipinski definition) is 0. The van der Waals surface area contributed by atoms with E-state index in [1.54, 1.807) is 6.92 Å². The quantitative estimate of drug-likeness (QED) is 0.378. The van der Waals surface area contributed by atoms with Gasteiger partial charge in [-0.25, -0.2) is 0 Å². The first-order chi connectivity index (χ1) is 7.27. The van der Waals surface area contributed by atoms with Gasteiger partial charge in [0.15, 0.2) is 0 Å². The smallest absolute Gasteiger partial charge is 0.129 e. The van der Waals surface area contributed by atoms with Crippen LogP contribution in [0.5, 0.6) is 0 Å². The summed E-state index contributed by atoms with van der Waals surface area (Å²) in [4.78, 5) is 10.7. The van der Waals surface area contributed by atoms with Crippen molar-refractivity contribution in [3.63, 3.8) is 0 Å². The maximum absolute atomic E-state index is 10.7. The molecule has 0 amide bonds. The molecule has 0 aromatic heterocycles. The van der Waals surface area contributed by atoms with Crippen molar-refractivity contribution in [1.82, 2.24) is 0 Å². The second kappa shape index (κ2) is 11.5. The molecule has 0 saturated carbocycles. The molecule has 0 rings (SSSR count). The molecule has 0 N–H and O–H groups in total. The van der Waals surface area contributed by atoms with Crippen molar-refractivity contribution in [3.05, 3.63) is 12.2 Å². The highest BCUT2D eigenvalue weighted by molar-refractivity contribution is 5.75. The first-order valence-corrected chi connectivity index (χ1v) is 6.41. The molecule has 0 fully saturated rings. The van der Waals surface area contributed by atoms with E-state index in [2.05, 4.69) is 19.1 Å². The molecule has 0 unspecified atom stereocenters. The van der Waals surface area contributed by atoms with E-state index in [0.29, 0.717) is 5.78 Å². The van der Waals surface area contributed by atoms with Crippen molar-refractivity contribution in [2.45, 2.75) is 71.6 Å². The molecule has 0 radical (unpaired) electrons. The normalized spacial score (nSPS) is 11.1. The van der Waals surface area contributed by atoms with Gasteiger partial charge >= 0.3 is 0 Å². The van der Waals surface area contributed by atoms with Crippen LogP contribution in [-0.2, 0) is 4.79 Å². The van der Waals surface area contributed by atoms with Crippen molar-refractivity contribution in [3.8, 4) is 0 Å². The summed E-state index contributed by atoms with van der Waals surface area (Å²) in [5.74, 6) is 0.318. The van der Waals surface area contributed by atoms with Crippen molar-refractivity contribution in [2.24, 2.45) is 0 Å². The molecule has 0 heterocycles. The monoisotopic (exact) mass is 210 g/mol. The fourth-order valence-electron chi connectivity index (χ4n) is 1.56. The van der Waals surface area contributed by atoms with E-state index in [0.717, 1.165) is 25.7 Å². The predicted octanol–water partition coefficient (Wildman–Crippen LogP) is 4.66. The molecule has 0 spiro atoms. The van der Waals surface area contributed by atoms with Gasteiger partial charge in [0, 0.05) is 6.42 Å². The topological polar surface area (TPSA) is 17.1 Å². The zero-order valence-corrected chi connectivity index (χ0v) is 10.4. The lowest BCUT2D eigenvalue weighted by molar-refractivity contribution is -0.117. The molecule has 0 aliphatic carbocycles. The van der Waals surface area contributed by atoms with E-state index in [1.807, 2.05) is 0 Å². The Morgan fingerprint density at radius 3 is 2.07 bits per heavy atom. The summed E-state index contributed by atoms with van der Waals surface area (Å²) >= 11 is 0. The summed E-state index contributed by atoms with van der Waals surface area (Å²) in [5.41, 5.74) is 0. The Morgan fingerprint density at radius 2 is 1.53 bits per heavy atom. The van der Waals surface area contributed by atoms with Gasteiger partial charge in [-0.15, -0.1) is 0 Å². The number of carbonyl (C=O) groups excluding carboxylic acids is 1. The summed E-state index contributed by atoms with van der Waals surface area (Å²) in [7, 11) is 0. The molecule has 0 aliphatic rings. The van der Waals surface area contributed by atoms with E-state index in [-0.39, 0.29) is 0 Å². The summed E-state index contributed by atoms with van der Waals surface area (Å²) in [6.07, 6.45) is 15.3. The first kappa shape index (κ1) is 14.4. The zero-order chi connectivity index (χ0) is 11.4. The van der Waals surface area contributed by atoms with Gasteiger partial charge in [0.25, 0.3) is 0 Å². The van der Waals surface area contributed by atoms with Crippen molar-refractivity contribution in [1.29, 1.82) is 0 Å². The van der Waals surface area contributed by atoms with Crippen LogP contribution in [0.25, 0.3) is 0 Å². The Morgan fingerprint density at radius 1 is 0.933 bits per heavy atom. The van der Waals surface area contributed by atoms with E-state index in [1.165, 1.54) is 32.1 Å². The van der Waals surface area contributed by atoms with Crippen LogP contribution in [0.4, 0.5) is 0 Å². The molecule has 88 valence electrons. The molecule has 0 bridgehead atoms. The van der Waals surface area contributed by atoms with Crippen LogP contribution in [0.2, 0.25) is 0 Å². The Bertz CT molecular complexity index is 170. The Kier molecular flexibility index (Phi) is 11.0. The maximum Gasteiger partial charge on any atom is 0.129 e. The van der Waals surface area contributed by atoms with Crippen LogP contribution in [0, 0.1) is 0 Å². The predicted molar refractivity (Wildman–Crippen MR) is 67.0 cm³/mol. The summed E-state index contributed by atoms with van der Waals surface area (Å²) in [6, 6.07) is 0. The Labute approximate surface area is 95.0 Å². The molecular weight excluding hydrogens is 184 g/mol. The number of allylic oxidation sites excluding steroid dienone is 2. The highest BCUT2D eigenvalue weighted by Crippen LogP contribution is 2.05. The summed E-state index contributed by atoms with van der Waals surface area (Å²) in [6.45, 7) is 3.91. The minimum absolute atomic E-state index is 0.318. The van der Waals surface area contributed by atoms with Crippen LogP contribution in [-0.4, -0.2) is 5.78 Å². The molecule has 0 atom stereocenters. The second-order valence-electron chi connectivity index (χ2n) is 4.27. The third-order valence-electron chi connectivity index (χ3n) is 2.54. The van der Waals surface area contributed by atoms with E-state index >= 15 is 0 Å². The fourth-order valence-corrected chi connectivity index (χ4v) is 1.56. The van der Waals surface area contributed by atoms with Crippen LogP contribution < -0.4 is 0 Å². The summed E-state index contributed by atoms with van der Waals surface area (Å²) < 4.78 is 0. The van der Waals surface area contributed by atoms with Crippen LogP contribution in [0.3, 0.4) is 0 Å². The number of unbranched alkanes of at least 4 members (excludes halogenated alkanes) is 6. The van der Waals surface area contributed by atoms with Gasteiger partial charge in [0.05, 0.1) is 0 Å². The zero-order valence-electron chi connectivity index (χ0n) is 10.4. The SMILES string of the molecule is CCCCCC/C=C\CCCCC(C)=O. The van der Waals surface area contributed by atoms with E-state index < -0.39 is 0 Å². The minimum Gasteiger partial charge on any atom is -0.300 e. The third kappa shape index (κ3) is 13.4. The van der Waals surface area contributed by atoms with Gasteiger partial charge in [-0.1, -0.05) is 38.3 Å². The van der Waals surface area contributed by atoms with Crippen LogP contribution in [0.1, 0.15) is 71.6 Å². The van der Waals surface area contributed by atoms with Gasteiger partial charge in [0.2, 0.25) is 0 Å². The molecule has 1 heteroatoms. The minimum atomic E-state index is 0.318. The molecule has 1 nitrogen and oxygen atoms in total. The number of ketones is 1. The molecule has 15 heavy (non-hydrogen) atoms. The first-order valence-electron chi connectivity index (χ1n) is 6.41. The van der Waals surface area contributed by atoms with Crippen molar-refractivity contribution < 1.29 is 4.79 Å². The van der Waals surface area contributed by atoms with Gasteiger partial charge in [-0.2, -0.15) is 0 Å². The standard InChI is InChI=1S/C14H26O/c1-3-4-5-6-7-8-9-10-11-12-13-14(2)15/h8-9H,3-7,10-13H2,1-2H3/b9-8-. The number of carbonyl (C=O) groups is 1. The lowest BCUT2D eigenvalue weighted by atomic mass is 10.1. The number of Topliss-reactive ketones (excluding diaryl/α,β-unsaturated/α-hetero) is 1. The Balaban J connectivity index is 3.07. The molecular formula is C14H26O. The molecule has 0 aromatic rings. The van der Waals surface area contributed by atoms with Gasteiger partial charge in [-0.3, -0.25) is 0 Å². The third-order valence-corrected chi connectivity index (χ3v) is 2.54. The van der Waals surface area contributed by atoms with Crippen molar-refractivity contribution >= 4 is 5.78 Å². The maximum atomic E-state index is 10.7. The average Bonchev–Trinajstić information content (AvgIpc) is 2.20. The van der Waals surface area contributed by atoms with Crippen molar-refractivity contribution in [2.75, 3.05) is 0 Å². The van der Waals surface area contributed by atoms with Crippen LogP contribution in [0.15, 0.2) is 12.2 Å². The summed E-state index contributed by atoms with van der Waals surface area (Å²) in [5, 5.41) is 0. The van der Waals surface area contributed by atoms with Gasteiger partial charge in [-0.05, 0) is 39.0 Å². The molecule has 0 saturated heterocycles. The Hall–Kier alpha value is -0.590. The van der Waals surface area contributed by atoms with E-state index in [4.69, 9.17) is 0 Å². The van der Waals surface area contributed by atoms with Gasteiger partial charge in [0.1, 0.15) is 5.78 Å². The van der Waals surface area contributed by atoms with E-state index in [9.17, 15) is 4.79 Å². The second-order valence-corrected chi connectivity index (χ2v) is 4.27. The highest BCUT2D eigenvalue weighted by Gasteiger charge is 1.91. The fraction of sp³-hybridized carbons (Fsp3) is 0.786. The lowest BCUT2D eigenvalue weighted by Gasteiger charge is -1.95. The van der Waals surface area contributed by atoms with Crippen LogP contribution >= 0.6 is 0 Å². The number of hydrogen-bond acceptors (Lipinski definition) is 1. The molecule has 0 aliphatic heterocycles.